The number of aliphatic hydroxyl groups is 6. The summed E-state index contributed by atoms with van der Waals surface area (Å²) >= 11 is 0. The third-order valence-corrected chi connectivity index (χ3v) is 7.71. The highest BCUT2D eigenvalue weighted by Gasteiger charge is 2.47. The molecule has 0 aliphatic carbocycles. The average molecular weight is 625 g/mol. The standard InChI is InChI=1S/C28H32O16/c1-9-19(34)16(7-29)42-27(20(9)35)40-8-17-21(36)23(38)24(39)28(43-17)44-26-22(37)18-14(33)5-11(30)6-15(18)41-25(26)10-2-3-12(31)13(32)4-10/h2-6,9,16-17,19-21,23-24,27-36,38-39H,7-8H2,1H3/t9-,16-,17+,19+,20-,21-,23+,24-,27-,28+/m1/s1. The van der Waals surface area contributed by atoms with Crippen molar-refractivity contribution in [3.05, 3.63) is 40.6 Å². The summed E-state index contributed by atoms with van der Waals surface area (Å²) in [6, 6.07) is 5.26. The van der Waals surface area contributed by atoms with Gasteiger partial charge in [-0.3, -0.25) is 4.79 Å². The summed E-state index contributed by atoms with van der Waals surface area (Å²) < 4.78 is 28.0. The van der Waals surface area contributed by atoms with Crippen LogP contribution in [0.2, 0.25) is 0 Å². The van der Waals surface area contributed by atoms with E-state index in [-0.39, 0.29) is 11.1 Å². The van der Waals surface area contributed by atoms with Gasteiger partial charge in [-0.05, 0) is 18.2 Å². The zero-order valence-electron chi connectivity index (χ0n) is 23.0. The highest BCUT2D eigenvalue weighted by Crippen LogP contribution is 2.39. The van der Waals surface area contributed by atoms with Gasteiger partial charge in [-0.1, -0.05) is 6.92 Å². The van der Waals surface area contributed by atoms with Crippen molar-refractivity contribution in [1.82, 2.24) is 0 Å². The lowest BCUT2D eigenvalue weighted by molar-refractivity contribution is -0.316. The minimum Gasteiger partial charge on any atom is -0.508 e. The van der Waals surface area contributed by atoms with Crippen molar-refractivity contribution in [1.29, 1.82) is 0 Å². The zero-order valence-corrected chi connectivity index (χ0v) is 23.0. The summed E-state index contributed by atoms with van der Waals surface area (Å²) in [5, 5.41) is 102. The predicted octanol–water partition coefficient (Wildman–Crippen LogP) is -1.44. The van der Waals surface area contributed by atoms with E-state index in [9.17, 15) is 55.9 Å². The van der Waals surface area contributed by atoms with E-state index >= 15 is 0 Å². The Morgan fingerprint density at radius 1 is 0.773 bits per heavy atom. The highest BCUT2D eigenvalue weighted by molar-refractivity contribution is 5.88. The van der Waals surface area contributed by atoms with E-state index in [2.05, 4.69) is 0 Å². The maximum atomic E-state index is 13.6. The van der Waals surface area contributed by atoms with Gasteiger partial charge in [0.15, 0.2) is 23.5 Å². The first-order chi connectivity index (χ1) is 20.8. The van der Waals surface area contributed by atoms with E-state index in [0.717, 1.165) is 24.3 Å². The Bertz CT molecular complexity index is 1550. The fraction of sp³-hybridized carbons (Fsp3) is 0.464. The van der Waals surface area contributed by atoms with Crippen molar-refractivity contribution in [2.45, 2.75) is 62.2 Å². The lowest BCUT2D eigenvalue weighted by Crippen LogP contribution is -2.61. The Labute approximate surface area is 247 Å². The molecular weight excluding hydrogens is 592 g/mol. The number of fused-ring (bicyclic) bond motifs is 1. The molecule has 2 aliphatic rings. The van der Waals surface area contributed by atoms with Crippen LogP contribution in [0.3, 0.4) is 0 Å². The molecule has 10 atom stereocenters. The molecule has 0 spiro atoms. The second-order valence-electron chi connectivity index (χ2n) is 10.7. The van der Waals surface area contributed by atoms with Gasteiger partial charge >= 0.3 is 0 Å². The van der Waals surface area contributed by atoms with Crippen molar-refractivity contribution in [3.8, 4) is 40.1 Å². The Balaban J connectivity index is 1.47. The minimum atomic E-state index is -1.96. The van der Waals surface area contributed by atoms with E-state index in [0.29, 0.717) is 0 Å². The molecular formula is C28H32O16. The zero-order chi connectivity index (χ0) is 32.0. The van der Waals surface area contributed by atoms with E-state index in [4.69, 9.17) is 23.4 Å². The van der Waals surface area contributed by atoms with Crippen molar-refractivity contribution >= 4 is 11.0 Å². The molecule has 3 heterocycles. The smallest absolute Gasteiger partial charge is 0.239 e. The summed E-state index contributed by atoms with van der Waals surface area (Å²) in [5.41, 5.74) is -1.33. The summed E-state index contributed by atoms with van der Waals surface area (Å²) in [5.74, 6) is -4.08. The normalized spacial score (nSPS) is 32.5. The molecule has 16 nitrogen and oxygen atoms in total. The van der Waals surface area contributed by atoms with Gasteiger partial charge in [-0.25, -0.2) is 0 Å². The molecule has 16 heteroatoms. The maximum absolute atomic E-state index is 13.6. The van der Waals surface area contributed by atoms with Gasteiger partial charge in [0.05, 0.1) is 19.3 Å². The second-order valence-corrected chi connectivity index (χ2v) is 10.7. The SMILES string of the molecule is C[C@H]1[C@@H](O)[C@H](OC[C@@H]2O[C@@H](Oc3c(-c4ccc(O)c(O)c4)oc4cc(O)cc(O)c4c3=O)[C@H](O)[C@@H](O)[C@@H]2O)O[C@H](CO)[C@H]1O. The van der Waals surface area contributed by atoms with E-state index < -0.39 is 120 Å². The molecule has 1 aromatic heterocycles. The van der Waals surface area contributed by atoms with Crippen LogP contribution in [0.5, 0.6) is 28.7 Å². The molecule has 2 saturated heterocycles. The van der Waals surface area contributed by atoms with Gasteiger partial charge in [-0.15, -0.1) is 0 Å². The van der Waals surface area contributed by atoms with Crippen molar-refractivity contribution in [2.75, 3.05) is 13.2 Å². The Hall–Kier alpha value is -3.71. The summed E-state index contributed by atoms with van der Waals surface area (Å²) in [4.78, 5) is 13.6. The summed E-state index contributed by atoms with van der Waals surface area (Å²) in [7, 11) is 0. The van der Waals surface area contributed by atoms with Gasteiger partial charge in [0.2, 0.25) is 17.5 Å². The van der Waals surface area contributed by atoms with Crippen molar-refractivity contribution in [2.24, 2.45) is 5.92 Å². The van der Waals surface area contributed by atoms with Gasteiger partial charge in [-0.2, -0.15) is 0 Å². The number of phenols is 4. The number of rotatable bonds is 7. The second kappa shape index (κ2) is 12.4. The quantitative estimate of drug-likeness (QED) is 0.135. The van der Waals surface area contributed by atoms with Gasteiger partial charge < -0.3 is 74.4 Å². The molecule has 10 N–H and O–H groups in total. The molecule has 2 aliphatic heterocycles. The Morgan fingerprint density at radius 3 is 2.16 bits per heavy atom. The van der Waals surface area contributed by atoms with Gasteiger partial charge in [0, 0.05) is 23.6 Å². The number of benzene rings is 2. The first kappa shape index (κ1) is 31.7. The largest absolute Gasteiger partial charge is 0.508 e. The first-order valence-electron chi connectivity index (χ1n) is 13.5. The van der Waals surface area contributed by atoms with Crippen LogP contribution in [0, 0.1) is 5.92 Å². The predicted molar refractivity (Wildman–Crippen MR) is 145 cm³/mol. The molecule has 0 saturated carbocycles. The number of aromatic hydroxyl groups is 4. The van der Waals surface area contributed by atoms with Crippen LogP contribution in [0.15, 0.2) is 39.5 Å². The lowest BCUT2D eigenvalue weighted by atomic mass is 9.91. The van der Waals surface area contributed by atoms with Crippen LogP contribution < -0.4 is 10.2 Å². The third-order valence-electron chi connectivity index (χ3n) is 7.71. The van der Waals surface area contributed by atoms with E-state index in [1.54, 1.807) is 0 Å². The molecule has 0 radical (unpaired) electrons. The monoisotopic (exact) mass is 624 g/mol. The number of ether oxygens (including phenoxy) is 4. The third kappa shape index (κ3) is 5.74. The fourth-order valence-electron chi connectivity index (χ4n) is 5.10. The first-order valence-corrected chi connectivity index (χ1v) is 13.5. The molecule has 2 aromatic carbocycles. The van der Waals surface area contributed by atoms with Gasteiger partial charge in [0.25, 0.3) is 0 Å². The topological polar surface area (TPSA) is 269 Å². The Kier molecular flexibility index (Phi) is 8.90. The van der Waals surface area contributed by atoms with Crippen molar-refractivity contribution in [3.63, 3.8) is 0 Å². The van der Waals surface area contributed by atoms with Crippen LogP contribution in [0.4, 0.5) is 0 Å². The van der Waals surface area contributed by atoms with Crippen LogP contribution in [-0.4, -0.2) is 120 Å². The molecule has 0 unspecified atom stereocenters. The van der Waals surface area contributed by atoms with Gasteiger partial charge in [0.1, 0.15) is 59.1 Å². The molecule has 240 valence electrons. The molecule has 5 rings (SSSR count). The number of aliphatic hydroxyl groups excluding tert-OH is 6. The van der Waals surface area contributed by atoms with E-state index in [1.807, 2.05) is 0 Å². The fourth-order valence-corrected chi connectivity index (χ4v) is 5.10. The highest BCUT2D eigenvalue weighted by atomic mass is 16.7. The number of hydrogen-bond donors (Lipinski definition) is 10. The molecule has 2 fully saturated rings. The van der Waals surface area contributed by atoms with Crippen LogP contribution >= 0.6 is 0 Å². The minimum absolute atomic E-state index is 0.0268. The lowest BCUT2D eigenvalue weighted by Gasteiger charge is -2.43. The Morgan fingerprint density at radius 2 is 1.48 bits per heavy atom. The molecule has 0 amide bonds. The molecule has 0 bridgehead atoms. The van der Waals surface area contributed by atoms with Crippen LogP contribution in [-0.2, 0) is 14.2 Å². The van der Waals surface area contributed by atoms with Crippen molar-refractivity contribution < 1.29 is 74.4 Å². The molecule has 44 heavy (non-hydrogen) atoms. The van der Waals surface area contributed by atoms with Crippen LogP contribution in [0.25, 0.3) is 22.3 Å². The van der Waals surface area contributed by atoms with Crippen LogP contribution in [0.1, 0.15) is 6.92 Å². The summed E-state index contributed by atoms with van der Waals surface area (Å²) in [6.07, 6.45) is -14.0. The number of hydrogen-bond acceptors (Lipinski definition) is 16. The maximum Gasteiger partial charge on any atom is 0.239 e. The average Bonchev–Trinajstić information content (AvgIpc) is 2.98. The van der Waals surface area contributed by atoms with E-state index in [1.165, 1.54) is 13.0 Å². The number of phenolic OH excluding ortho intramolecular Hbond substituents is 4. The molecule has 3 aromatic rings. The summed E-state index contributed by atoms with van der Waals surface area (Å²) in [6.45, 7) is 0.358.